The summed E-state index contributed by atoms with van der Waals surface area (Å²) < 4.78 is 5.34. The lowest BCUT2D eigenvalue weighted by Crippen LogP contribution is -2.20. The third-order valence-electron chi connectivity index (χ3n) is 2.83. The fourth-order valence-electron chi connectivity index (χ4n) is 1.86. The summed E-state index contributed by atoms with van der Waals surface area (Å²) in [6.45, 7) is 1.94. The summed E-state index contributed by atoms with van der Waals surface area (Å²) in [5, 5.41) is 18.6. The van der Waals surface area contributed by atoms with E-state index in [2.05, 4.69) is 0 Å². The molecule has 1 aromatic carbocycles. The molecule has 80 valence electrons. The highest BCUT2D eigenvalue weighted by Gasteiger charge is 2.34. The Morgan fingerprint density at radius 3 is 3.00 bits per heavy atom. The number of aliphatic carboxylic acids is 1. The summed E-state index contributed by atoms with van der Waals surface area (Å²) in [6, 6.07) is 4.97. The first-order valence-corrected chi connectivity index (χ1v) is 4.78. The van der Waals surface area contributed by atoms with Crippen molar-refractivity contribution in [3.05, 3.63) is 23.8 Å². The van der Waals surface area contributed by atoms with Gasteiger partial charge in [0.1, 0.15) is 11.5 Å². The molecule has 1 aliphatic heterocycles. The van der Waals surface area contributed by atoms with E-state index in [-0.39, 0.29) is 11.7 Å². The summed E-state index contributed by atoms with van der Waals surface area (Å²) in [4.78, 5) is 10.9. The molecule has 2 rings (SSSR count). The van der Waals surface area contributed by atoms with Gasteiger partial charge in [-0.2, -0.15) is 0 Å². The molecular formula is C11H12O4. The van der Waals surface area contributed by atoms with Crippen LogP contribution in [0.1, 0.15) is 18.4 Å². The number of benzene rings is 1. The first kappa shape index (κ1) is 9.83. The van der Waals surface area contributed by atoms with Gasteiger partial charge in [-0.15, -0.1) is 0 Å². The average Bonchev–Trinajstić information content (AvgIpc) is 2.61. The normalized spacial score (nSPS) is 20.5. The minimum Gasteiger partial charge on any atom is -0.508 e. The van der Waals surface area contributed by atoms with Crippen molar-refractivity contribution in [2.45, 2.75) is 12.8 Å². The Hall–Kier alpha value is -1.71. The second-order valence-electron chi connectivity index (χ2n) is 3.73. The average molecular weight is 208 g/mol. The third-order valence-corrected chi connectivity index (χ3v) is 2.83. The van der Waals surface area contributed by atoms with E-state index in [4.69, 9.17) is 9.84 Å². The maximum atomic E-state index is 10.9. The highest BCUT2D eigenvalue weighted by atomic mass is 16.5. The van der Waals surface area contributed by atoms with Crippen LogP contribution in [0.2, 0.25) is 0 Å². The van der Waals surface area contributed by atoms with Crippen LogP contribution >= 0.6 is 0 Å². The van der Waals surface area contributed by atoms with E-state index in [9.17, 15) is 9.90 Å². The molecule has 0 aromatic heterocycles. The number of hydrogen-bond donors (Lipinski definition) is 2. The minimum atomic E-state index is -0.875. The van der Waals surface area contributed by atoms with Gasteiger partial charge >= 0.3 is 5.97 Å². The van der Waals surface area contributed by atoms with Gasteiger partial charge < -0.3 is 14.9 Å². The van der Waals surface area contributed by atoms with Crippen LogP contribution in [-0.2, 0) is 4.79 Å². The molecule has 0 saturated carbocycles. The molecule has 0 amide bonds. The third kappa shape index (κ3) is 1.52. The number of fused-ring (bicyclic) bond motifs is 1. The van der Waals surface area contributed by atoms with Crippen molar-refractivity contribution in [2.24, 2.45) is 5.92 Å². The minimum absolute atomic E-state index is 0.114. The van der Waals surface area contributed by atoms with Crippen molar-refractivity contribution in [3.8, 4) is 11.5 Å². The van der Waals surface area contributed by atoms with E-state index < -0.39 is 11.9 Å². The van der Waals surface area contributed by atoms with Gasteiger partial charge in [0.25, 0.3) is 0 Å². The van der Waals surface area contributed by atoms with Crippen molar-refractivity contribution in [1.82, 2.24) is 0 Å². The van der Waals surface area contributed by atoms with Gasteiger partial charge in [-0.05, 0) is 12.1 Å². The number of carboxylic acid groups (broad SMARTS) is 1. The highest BCUT2D eigenvalue weighted by molar-refractivity contribution is 5.72. The summed E-state index contributed by atoms with van der Waals surface area (Å²) in [6.07, 6.45) is 0. The lowest BCUT2D eigenvalue weighted by molar-refractivity contribution is -0.142. The Balaban J connectivity index is 2.39. The molecular weight excluding hydrogens is 196 g/mol. The molecule has 0 bridgehead atoms. The van der Waals surface area contributed by atoms with Gasteiger partial charge in [0.15, 0.2) is 0 Å². The Morgan fingerprint density at radius 2 is 2.33 bits per heavy atom. The molecule has 1 heterocycles. The number of aromatic hydroxyl groups is 1. The summed E-state index contributed by atoms with van der Waals surface area (Å²) >= 11 is 0. The predicted octanol–water partition coefficient (Wildman–Crippen LogP) is 1.59. The van der Waals surface area contributed by atoms with E-state index in [0.29, 0.717) is 17.9 Å². The maximum Gasteiger partial charge on any atom is 0.306 e. The van der Waals surface area contributed by atoms with Crippen LogP contribution in [-0.4, -0.2) is 22.8 Å². The van der Waals surface area contributed by atoms with Crippen LogP contribution < -0.4 is 4.74 Å². The molecule has 2 atom stereocenters. The molecule has 0 fully saturated rings. The molecule has 4 nitrogen and oxygen atoms in total. The topological polar surface area (TPSA) is 66.8 Å². The van der Waals surface area contributed by atoms with Gasteiger partial charge in [-0.3, -0.25) is 4.79 Å². The van der Waals surface area contributed by atoms with Crippen molar-refractivity contribution in [1.29, 1.82) is 0 Å². The second-order valence-corrected chi connectivity index (χ2v) is 3.73. The molecule has 2 N–H and O–H groups in total. The van der Waals surface area contributed by atoms with E-state index in [1.165, 1.54) is 0 Å². The van der Waals surface area contributed by atoms with Crippen molar-refractivity contribution < 1.29 is 19.7 Å². The monoisotopic (exact) mass is 208 g/mol. The number of phenols is 1. The lowest BCUT2D eigenvalue weighted by Gasteiger charge is -2.14. The lowest BCUT2D eigenvalue weighted by atomic mass is 9.88. The zero-order valence-corrected chi connectivity index (χ0v) is 8.30. The number of carboxylic acids is 1. The van der Waals surface area contributed by atoms with Gasteiger partial charge in [0.05, 0.1) is 12.5 Å². The maximum absolute atomic E-state index is 10.9. The quantitative estimate of drug-likeness (QED) is 0.774. The van der Waals surface area contributed by atoms with Crippen LogP contribution in [0.5, 0.6) is 11.5 Å². The van der Waals surface area contributed by atoms with Crippen LogP contribution in [0.3, 0.4) is 0 Å². The Morgan fingerprint density at radius 1 is 1.60 bits per heavy atom. The molecule has 4 heteroatoms. The first-order chi connectivity index (χ1) is 7.11. The van der Waals surface area contributed by atoms with E-state index in [0.717, 1.165) is 0 Å². The summed E-state index contributed by atoms with van der Waals surface area (Å²) in [5.74, 6) is -0.992. The standard InChI is InChI=1S/C11H12O4/c1-6(11(13)14)7-5-15-9-4-2-3-8(12)10(7)9/h2-4,6-7,12H,5H2,1H3,(H,13,14). The number of hydrogen-bond acceptors (Lipinski definition) is 3. The van der Waals surface area contributed by atoms with Crippen LogP contribution in [0, 0.1) is 5.92 Å². The van der Waals surface area contributed by atoms with Gasteiger partial charge in [-0.25, -0.2) is 0 Å². The highest BCUT2D eigenvalue weighted by Crippen LogP contribution is 2.43. The van der Waals surface area contributed by atoms with Crippen molar-refractivity contribution in [2.75, 3.05) is 6.61 Å². The smallest absolute Gasteiger partial charge is 0.306 e. The van der Waals surface area contributed by atoms with Crippen molar-refractivity contribution in [3.63, 3.8) is 0 Å². The number of carbonyl (C=O) groups is 1. The SMILES string of the molecule is CC(C(=O)O)C1COc2cccc(O)c21. The Labute approximate surface area is 87.1 Å². The molecule has 1 aromatic rings. The summed E-state index contributed by atoms with van der Waals surface area (Å²) in [7, 11) is 0. The van der Waals surface area contributed by atoms with E-state index in [1.54, 1.807) is 25.1 Å². The zero-order valence-electron chi connectivity index (χ0n) is 8.30. The van der Waals surface area contributed by atoms with Crippen LogP contribution in [0.15, 0.2) is 18.2 Å². The molecule has 2 unspecified atom stereocenters. The van der Waals surface area contributed by atoms with Gasteiger partial charge in [-0.1, -0.05) is 13.0 Å². The van der Waals surface area contributed by atoms with Gasteiger partial charge in [0, 0.05) is 11.5 Å². The molecule has 0 radical (unpaired) electrons. The predicted molar refractivity (Wildman–Crippen MR) is 53.1 cm³/mol. The number of rotatable bonds is 2. The molecule has 0 spiro atoms. The largest absolute Gasteiger partial charge is 0.508 e. The first-order valence-electron chi connectivity index (χ1n) is 4.78. The fraction of sp³-hybridized carbons (Fsp3) is 0.364. The van der Waals surface area contributed by atoms with Gasteiger partial charge in [0.2, 0.25) is 0 Å². The van der Waals surface area contributed by atoms with E-state index >= 15 is 0 Å². The Bertz CT molecular complexity index is 400. The second kappa shape index (κ2) is 3.46. The van der Waals surface area contributed by atoms with Crippen LogP contribution in [0.4, 0.5) is 0 Å². The molecule has 15 heavy (non-hydrogen) atoms. The zero-order chi connectivity index (χ0) is 11.0. The Kier molecular flexibility index (Phi) is 2.26. The number of phenolic OH excluding ortho intramolecular Hbond substituents is 1. The molecule has 1 aliphatic rings. The fourth-order valence-corrected chi connectivity index (χ4v) is 1.86. The van der Waals surface area contributed by atoms with Crippen molar-refractivity contribution >= 4 is 5.97 Å². The molecule has 0 aliphatic carbocycles. The molecule has 0 saturated heterocycles. The number of ether oxygens (including phenoxy) is 1. The van der Waals surface area contributed by atoms with E-state index in [1.807, 2.05) is 0 Å². The summed E-state index contributed by atoms with van der Waals surface area (Å²) in [5.41, 5.74) is 0.618. The van der Waals surface area contributed by atoms with Crippen LogP contribution in [0.25, 0.3) is 0 Å².